The Kier molecular flexibility index (Phi) is 7.41. The molecule has 3 aromatic rings. The number of halogens is 4. The molecule has 2 atom stereocenters. The maximum atomic E-state index is 14.2. The summed E-state index contributed by atoms with van der Waals surface area (Å²) in [6.07, 6.45) is -4.43. The maximum absolute atomic E-state index is 14.2. The van der Waals surface area contributed by atoms with Crippen molar-refractivity contribution in [2.75, 3.05) is 5.32 Å². The van der Waals surface area contributed by atoms with Crippen molar-refractivity contribution in [1.82, 2.24) is 0 Å². The fraction of sp³-hybridized carbons (Fsp3) is 0.269. The van der Waals surface area contributed by atoms with Crippen LogP contribution in [-0.4, -0.2) is 12.3 Å². The normalized spacial score (nSPS) is 13.3. The molecule has 3 aromatic carbocycles. The molecular formula is C26H25F4NO2. The topological polar surface area (TPSA) is 38.3 Å². The summed E-state index contributed by atoms with van der Waals surface area (Å²) >= 11 is 0. The Balaban J connectivity index is 1.98. The third-order valence-corrected chi connectivity index (χ3v) is 5.53. The Labute approximate surface area is 190 Å². The molecule has 0 saturated heterocycles. The van der Waals surface area contributed by atoms with Crippen molar-refractivity contribution in [2.24, 2.45) is 5.92 Å². The minimum absolute atomic E-state index is 0.358. The van der Waals surface area contributed by atoms with E-state index in [4.69, 9.17) is 0 Å². The summed E-state index contributed by atoms with van der Waals surface area (Å²) in [4.78, 5) is 13.2. The lowest BCUT2D eigenvalue weighted by molar-refractivity contribution is -0.274. The number of hydrogen-bond acceptors (Lipinski definition) is 2. The molecule has 0 aliphatic rings. The minimum Gasteiger partial charge on any atom is -0.406 e. The molecule has 0 heterocycles. The predicted octanol–water partition coefficient (Wildman–Crippen LogP) is 7.00. The molecule has 0 aromatic heterocycles. The third-order valence-electron chi connectivity index (χ3n) is 5.53. The van der Waals surface area contributed by atoms with Gasteiger partial charge in [0, 0.05) is 23.1 Å². The monoisotopic (exact) mass is 459 g/mol. The lowest BCUT2D eigenvalue weighted by Gasteiger charge is -2.25. The average Bonchev–Trinajstić information content (AvgIpc) is 2.74. The van der Waals surface area contributed by atoms with Gasteiger partial charge in [0.15, 0.2) is 0 Å². The van der Waals surface area contributed by atoms with Gasteiger partial charge in [-0.1, -0.05) is 61.9 Å². The molecule has 1 amide bonds. The molecule has 3 rings (SSSR count). The van der Waals surface area contributed by atoms with Crippen LogP contribution in [0.25, 0.3) is 0 Å². The van der Waals surface area contributed by atoms with E-state index in [1.807, 2.05) is 31.2 Å². The van der Waals surface area contributed by atoms with Crippen molar-refractivity contribution in [2.45, 2.75) is 39.5 Å². The van der Waals surface area contributed by atoms with E-state index in [0.717, 1.165) is 11.1 Å². The second-order valence-corrected chi connectivity index (χ2v) is 7.91. The van der Waals surface area contributed by atoms with Gasteiger partial charge in [-0.2, -0.15) is 0 Å². The number of anilines is 1. The van der Waals surface area contributed by atoms with Gasteiger partial charge in [-0.05, 0) is 48.7 Å². The van der Waals surface area contributed by atoms with Crippen LogP contribution >= 0.6 is 0 Å². The highest BCUT2D eigenvalue weighted by Gasteiger charge is 2.32. The lowest BCUT2D eigenvalue weighted by atomic mass is 9.80. The number of nitrogens with one attached hydrogen (secondary N) is 1. The Hall–Kier alpha value is -3.35. The van der Waals surface area contributed by atoms with E-state index in [-0.39, 0.29) is 11.7 Å². The van der Waals surface area contributed by atoms with Gasteiger partial charge in [-0.15, -0.1) is 13.2 Å². The molecule has 7 heteroatoms. The number of carbonyl (C=O) groups is 1. The van der Waals surface area contributed by atoms with Crippen LogP contribution in [0.3, 0.4) is 0 Å². The van der Waals surface area contributed by atoms with Crippen molar-refractivity contribution < 1.29 is 27.1 Å². The Morgan fingerprint density at radius 3 is 2.30 bits per heavy atom. The van der Waals surface area contributed by atoms with Gasteiger partial charge >= 0.3 is 6.36 Å². The first-order chi connectivity index (χ1) is 15.6. The highest BCUT2D eigenvalue weighted by atomic mass is 19.4. The van der Waals surface area contributed by atoms with Crippen molar-refractivity contribution >= 4 is 11.6 Å². The van der Waals surface area contributed by atoms with Gasteiger partial charge in [0.05, 0.1) is 0 Å². The zero-order chi connectivity index (χ0) is 24.2. The van der Waals surface area contributed by atoms with E-state index >= 15 is 0 Å². The van der Waals surface area contributed by atoms with Crippen LogP contribution < -0.4 is 10.1 Å². The number of amides is 1. The number of ether oxygens (including phenoxy) is 1. The number of hydrogen-bond donors (Lipinski definition) is 1. The van der Waals surface area contributed by atoms with E-state index in [2.05, 4.69) is 10.1 Å². The van der Waals surface area contributed by atoms with Gasteiger partial charge in [-0.3, -0.25) is 4.79 Å². The first kappa shape index (κ1) is 24.3. The summed E-state index contributed by atoms with van der Waals surface area (Å²) in [6, 6.07) is 17.6. The third kappa shape index (κ3) is 6.12. The Morgan fingerprint density at radius 1 is 1.00 bits per heavy atom. The second kappa shape index (κ2) is 10.1. The molecule has 33 heavy (non-hydrogen) atoms. The SMILES string of the molecule is CCc1c(F)cccc1NC(=O)[C@@H](C)[C@@H](c1ccc(C)cc1)c1cccc(OC(F)(F)F)c1. The van der Waals surface area contributed by atoms with Crippen molar-refractivity contribution in [3.05, 3.63) is 94.8 Å². The van der Waals surface area contributed by atoms with Crippen molar-refractivity contribution in [3.8, 4) is 5.75 Å². The number of aryl methyl sites for hydroxylation is 1. The molecule has 0 unspecified atom stereocenters. The predicted molar refractivity (Wildman–Crippen MR) is 120 cm³/mol. The summed E-state index contributed by atoms with van der Waals surface area (Å²) in [7, 11) is 0. The van der Waals surface area contributed by atoms with E-state index in [9.17, 15) is 22.4 Å². The summed E-state index contributed by atoms with van der Waals surface area (Å²) in [6.45, 7) is 5.41. The van der Waals surface area contributed by atoms with Crippen LogP contribution in [-0.2, 0) is 11.2 Å². The van der Waals surface area contributed by atoms with Crippen LogP contribution in [0.1, 0.15) is 42.0 Å². The fourth-order valence-corrected chi connectivity index (χ4v) is 3.88. The van der Waals surface area contributed by atoms with Gasteiger partial charge < -0.3 is 10.1 Å². The molecule has 0 radical (unpaired) electrons. The average molecular weight is 459 g/mol. The summed E-state index contributed by atoms with van der Waals surface area (Å²) in [5, 5.41) is 2.80. The quantitative estimate of drug-likeness (QED) is 0.386. The van der Waals surface area contributed by atoms with E-state index in [1.54, 1.807) is 26.0 Å². The number of rotatable bonds is 7. The molecule has 0 saturated carbocycles. The van der Waals surface area contributed by atoms with E-state index in [1.165, 1.54) is 30.3 Å². The first-order valence-electron chi connectivity index (χ1n) is 10.6. The molecular weight excluding hydrogens is 434 g/mol. The van der Waals surface area contributed by atoms with E-state index < -0.39 is 24.0 Å². The van der Waals surface area contributed by atoms with Crippen LogP contribution in [0.4, 0.5) is 23.2 Å². The van der Waals surface area contributed by atoms with Crippen LogP contribution in [0, 0.1) is 18.7 Å². The largest absolute Gasteiger partial charge is 0.573 e. The van der Waals surface area contributed by atoms with E-state index in [0.29, 0.717) is 23.2 Å². The molecule has 0 spiro atoms. The lowest BCUT2D eigenvalue weighted by Crippen LogP contribution is -2.27. The van der Waals surface area contributed by atoms with Crippen LogP contribution in [0.5, 0.6) is 5.75 Å². The Bertz CT molecular complexity index is 1110. The minimum atomic E-state index is -4.82. The highest BCUT2D eigenvalue weighted by Crippen LogP contribution is 2.36. The summed E-state index contributed by atoms with van der Waals surface area (Å²) in [5.41, 5.74) is 3.05. The highest BCUT2D eigenvalue weighted by molar-refractivity contribution is 5.94. The van der Waals surface area contributed by atoms with Crippen LogP contribution in [0.2, 0.25) is 0 Å². The maximum Gasteiger partial charge on any atom is 0.573 e. The molecule has 0 bridgehead atoms. The zero-order valence-electron chi connectivity index (χ0n) is 18.5. The summed E-state index contributed by atoms with van der Waals surface area (Å²) in [5.74, 6) is -2.37. The molecule has 0 fully saturated rings. The molecule has 0 aliphatic heterocycles. The molecule has 174 valence electrons. The van der Waals surface area contributed by atoms with Gasteiger partial charge in [0.2, 0.25) is 5.91 Å². The van der Waals surface area contributed by atoms with Gasteiger partial charge in [0.1, 0.15) is 11.6 Å². The summed E-state index contributed by atoms with van der Waals surface area (Å²) < 4.78 is 56.5. The Morgan fingerprint density at radius 2 is 1.67 bits per heavy atom. The smallest absolute Gasteiger partial charge is 0.406 e. The van der Waals surface area contributed by atoms with Crippen molar-refractivity contribution in [1.29, 1.82) is 0 Å². The number of carbonyl (C=O) groups excluding carboxylic acids is 1. The van der Waals surface area contributed by atoms with Crippen molar-refractivity contribution in [3.63, 3.8) is 0 Å². The second-order valence-electron chi connectivity index (χ2n) is 7.91. The van der Waals surface area contributed by atoms with Gasteiger partial charge in [0.25, 0.3) is 0 Å². The standard InChI is InChI=1S/C26H25F4NO2/c1-4-21-22(27)9-6-10-23(21)31-25(32)17(3)24(18-13-11-16(2)12-14-18)19-7-5-8-20(15-19)33-26(28,29)30/h5-15,17,24H,4H2,1-3H3,(H,31,32)/t17-,24-/m0/s1. The fourth-order valence-electron chi connectivity index (χ4n) is 3.88. The molecule has 3 nitrogen and oxygen atoms in total. The van der Waals surface area contributed by atoms with Crippen LogP contribution in [0.15, 0.2) is 66.7 Å². The number of alkyl halides is 3. The first-order valence-corrected chi connectivity index (χ1v) is 10.6. The zero-order valence-corrected chi connectivity index (χ0v) is 18.5. The number of benzene rings is 3. The van der Waals surface area contributed by atoms with Gasteiger partial charge in [-0.25, -0.2) is 4.39 Å². The molecule has 0 aliphatic carbocycles. The molecule has 1 N–H and O–H groups in total.